The molecule has 0 aromatic heterocycles. The molecule has 0 radical (unpaired) electrons. The van der Waals surface area contributed by atoms with E-state index in [2.05, 4.69) is 5.32 Å². The Kier molecular flexibility index (Phi) is 6.79. The second-order valence-electron chi connectivity index (χ2n) is 6.76. The summed E-state index contributed by atoms with van der Waals surface area (Å²) in [6.07, 6.45) is 1.28. The van der Waals surface area contributed by atoms with Crippen molar-refractivity contribution in [1.82, 2.24) is 4.90 Å². The van der Waals surface area contributed by atoms with Gasteiger partial charge in [0, 0.05) is 11.8 Å². The minimum atomic E-state index is -0.781. The summed E-state index contributed by atoms with van der Waals surface area (Å²) < 4.78 is 5.21. The topological polar surface area (TPSA) is 139 Å². The standard InChI is InChI=1S/C21H19N3O7S/c1-3-31-16-9-13(8-15(19(16)26)24(29)30)10-17-20(27)23(21(28)32-17)11-18(25)22-14-6-4-12(2)5-7-14/h4-10,26H,3,11H2,1-2H3,(H,22,25)/b17-10-. The Balaban J connectivity index is 1.79. The van der Waals surface area contributed by atoms with Crippen LogP contribution in [0.5, 0.6) is 11.5 Å². The van der Waals surface area contributed by atoms with E-state index >= 15 is 0 Å². The molecule has 32 heavy (non-hydrogen) atoms. The molecule has 0 saturated carbocycles. The highest BCUT2D eigenvalue weighted by molar-refractivity contribution is 8.18. The number of carbonyl (C=O) groups is 3. The number of phenols is 1. The minimum absolute atomic E-state index is 0.0134. The number of carbonyl (C=O) groups excluding carboxylic acids is 3. The van der Waals surface area contributed by atoms with Crippen molar-refractivity contribution in [3.8, 4) is 11.5 Å². The maximum absolute atomic E-state index is 12.7. The van der Waals surface area contributed by atoms with Gasteiger partial charge in [0.15, 0.2) is 5.75 Å². The largest absolute Gasteiger partial charge is 0.500 e. The molecule has 11 heteroatoms. The fourth-order valence-electron chi connectivity index (χ4n) is 2.87. The molecule has 0 spiro atoms. The summed E-state index contributed by atoms with van der Waals surface area (Å²) in [6, 6.07) is 9.42. The number of hydrogen-bond acceptors (Lipinski definition) is 8. The third kappa shape index (κ3) is 5.06. The predicted molar refractivity (Wildman–Crippen MR) is 118 cm³/mol. The third-order valence-corrected chi connectivity index (χ3v) is 5.29. The van der Waals surface area contributed by atoms with Gasteiger partial charge in [-0.05, 0) is 55.4 Å². The zero-order valence-corrected chi connectivity index (χ0v) is 18.0. The Morgan fingerprint density at radius 2 is 1.97 bits per heavy atom. The second kappa shape index (κ2) is 9.52. The molecule has 3 rings (SSSR count). The second-order valence-corrected chi connectivity index (χ2v) is 7.75. The van der Waals surface area contributed by atoms with Gasteiger partial charge in [-0.3, -0.25) is 29.4 Å². The lowest BCUT2D eigenvalue weighted by Gasteiger charge is -2.12. The Morgan fingerprint density at radius 1 is 1.28 bits per heavy atom. The number of nitrogens with zero attached hydrogens (tertiary/aromatic N) is 2. The summed E-state index contributed by atoms with van der Waals surface area (Å²) >= 11 is 0.610. The summed E-state index contributed by atoms with van der Waals surface area (Å²) in [7, 11) is 0. The van der Waals surface area contributed by atoms with Gasteiger partial charge in [-0.15, -0.1) is 0 Å². The number of imide groups is 1. The summed E-state index contributed by atoms with van der Waals surface area (Å²) in [5.74, 6) is -2.00. The zero-order chi connectivity index (χ0) is 23.4. The Bertz CT molecular complexity index is 1130. The van der Waals surface area contributed by atoms with E-state index in [1.807, 2.05) is 19.1 Å². The number of aromatic hydroxyl groups is 1. The van der Waals surface area contributed by atoms with Crippen LogP contribution in [0.25, 0.3) is 6.08 Å². The van der Waals surface area contributed by atoms with Gasteiger partial charge in [0.25, 0.3) is 11.1 Å². The summed E-state index contributed by atoms with van der Waals surface area (Å²) in [6.45, 7) is 3.22. The van der Waals surface area contributed by atoms with Crippen molar-refractivity contribution in [2.45, 2.75) is 13.8 Å². The molecule has 2 aromatic carbocycles. The highest BCUT2D eigenvalue weighted by atomic mass is 32.2. The molecule has 3 amide bonds. The van der Waals surface area contributed by atoms with E-state index in [1.165, 1.54) is 12.1 Å². The lowest BCUT2D eigenvalue weighted by Crippen LogP contribution is -2.36. The van der Waals surface area contributed by atoms with Gasteiger partial charge in [0.1, 0.15) is 6.54 Å². The van der Waals surface area contributed by atoms with E-state index in [1.54, 1.807) is 19.1 Å². The van der Waals surface area contributed by atoms with Crippen LogP contribution in [0.15, 0.2) is 41.3 Å². The number of aryl methyl sites for hydroxylation is 1. The molecule has 2 N–H and O–H groups in total. The van der Waals surface area contributed by atoms with Gasteiger partial charge in [-0.1, -0.05) is 17.7 Å². The van der Waals surface area contributed by atoms with Crippen molar-refractivity contribution in [2.24, 2.45) is 0 Å². The first-order valence-corrected chi connectivity index (χ1v) is 10.3. The monoisotopic (exact) mass is 457 g/mol. The van der Waals surface area contributed by atoms with Crippen LogP contribution < -0.4 is 10.1 Å². The van der Waals surface area contributed by atoms with Crippen LogP contribution in [-0.4, -0.2) is 45.1 Å². The van der Waals surface area contributed by atoms with Crippen LogP contribution in [0.3, 0.4) is 0 Å². The molecular weight excluding hydrogens is 438 g/mol. The number of phenolic OH excluding ortho intramolecular Hbond substituents is 1. The van der Waals surface area contributed by atoms with Crippen LogP contribution in [0.1, 0.15) is 18.1 Å². The number of thioether (sulfide) groups is 1. The Hall–Kier alpha value is -3.86. The average molecular weight is 457 g/mol. The summed E-state index contributed by atoms with van der Waals surface area (Å²) in [4.78, 5) is 48.5. The Morgan fingerprint density at radius 3 is 2.59 bits per heavy atom. The zero-order valence-electron chi connectivity index (χ0n) is 17.2. The molecule has 1 aliphatic heterocycles. The van der Waals surface area contributed by atoms with E-state index < -0.39 is 40.0 Å². The Labute approximate surface area is 187 Å². The molecule has 2 aromatic rings. The van der Waals surface area contributed by atoms with Crippen LogP contribution in [0.4, 0.5) is 16.2 Å². The number of rotatable bonds is 7. The van der Waals surface area contributed by atoms with Gasteiger partial charge in [0.2, 0.25) is 11.7 Å². The summed E-state index contributed by atoms with van der Waals surface area (Å²) in [5, 5.41) is 23.2. The van der Waals surface area contributed by atoms with Crippen molar-refractivity contribution in [3.63, 3.8) is 0 Å². The van der Waals surface area contributed by atoms with E-state index in [4.69, 9.17) is 4.74 Å². The molecule has 0 bridgehead atoms. The number of nitro groups is 1. The van der Waals surface area contributed by atoms with E-state index in [0.29, 0.717) is 17.4 Å². The molecule has 0 atom stereocenters. The van der Waals surface area contributed by atoms with Crippen molar-refractivity contribution < 1.29 is 29.2 Å². The van der Waals surface area contributed by atoms with E-state index in [-0.39, 0.29) is 22.8 Å². The first kappa shape index (κ1) is 22.8. The molecule has 0 aliphatic carbocycles. The first-order valence-electron chi connectivity index (χ1n) is 9.45. The number of hydrogen-bond donors (Lipinski definition) is 2. The lowest BCUT2D eigenvalue weighted by atomic mass is 10.1. The van der Waals surface area contributed by atoms with Gasteiger partial charge in [0.05, 0.1) is 16.4 Å². The molecule has 1 fully saturated rings. The average Bonchev–Trinajstić information content (AvgIpc) is 2.99. The van der Waals surface area contributed by atoms with Gasteiger partial charge in [-0.25, -0.2) is 0 Å². The van der Waals surface area contributed by atoms with Gasteiger partial charge in [-0.2, -0.15) is 0 Å². The quantitative estimate of drug-likeness (QED) is 0.365. The van der Waals surface area contributed by atoms with Crippen molar-refractivity contribution in [2.75, 3.05) is 18.5 Å². The van der Waals surface area contributed by atoms with Crippen LogP contribution in [-0.2, 0) is 9.59 Å². The molecule has 1 aliphatic rings. The number of benzene rings is 2. The van der Waals surface area contributed by atoms with E-state index in [9.17, 15) is 29.6 Å². The normalized spacial score (nSPS) is 14.7. The molecular formula is C21H19N3O7S. The van der Waals surface area contributed by atoms with Crippen LogP contribution in [0.2, 0.25) is 0 Å². The number of anilines is 1. The van der Waals surface area contributed by atoms with Crippen molar-refractivity contribution in [3.05, 3.63) is 62.5 Å². The smallest absolute Gasteiger partial charge is 0.315 e. The molecule has 166 valence electrons. The van der Waals surface area contributed by atoms with Gasteiger partial charge < -0.3 is 15.2 Å². The van der Waals surface area contributed by atoms with E-state index in [0.717, 1.165) is 16.5 Å². The molecule has 10 nitrogen and oxygen atoms in total. The fourth-order valence-corrected chi connectivity index (χ4v) is 3.71. The molecule has 1 heterocycles. The van der Waals surface area contributed by atoms with Crippen LogP contribution >= 0.6 is 11.8 Å². The molecule has 0 unspecified atom stereocenters. The number of amides is 3. The third-order valence-electron chi connectivity index (χ3n) is 4.38. The first-order chi connectivity index (χ1) is 15.2. The maximum atomic E-state index is 12.7. The maximum Gasteiger partial charge on any atom is 0.315 e. The van der Waals surface area contributed by atoms with Crippen molar-refractivity contribution >= 4 is 46.3 Å². The highest BCUT2D eigenvalue weighted by Gasteiger charge is 2.36. The number of nitro benzene ring substituents is 1. The van der Waals surface area contributed by atoms with Crippen LogP contribution in [0, 0.1) is 17.0 Å². The SMILES string of the molecule is CCOc1cc(/C=C2\SC(=O)N(CC(=O)Nc3ccc(C)cc3)C2=O)cc([N+](=O)[O-])c1O. The lowest BCUT2D eigenvalue weighted by molar-refractivity contribution is -0.386. The predicted octanol–water partition coefficient (Wildman–Crippen LogP) is 3.68. The number of ether oxygens (including phenoxy) is 1. The summed E-state index contributed by atoms with van der Waals surface area (Å²) in [5.41, 5.74) is 1.13. The highest BCUT2D eigenvalue weighted by Crippen LogP contribution is 2.39. The van der Waals surface area contributed by atoms with Gasteiger partial charge >= 0.3 is 5.69 Å². The van der Waals surface area contributed by atoms with Crippen molar-refractivity contribution in [1.29, 1.82) is 0 Å². The minimum Gasteiger partial charge on any atom is -0.500 e. The fraction of sp³-hybridized carbons (Fsp3) is 0.190. The number of nitrogens with one attached hydrogen (secondary N) is 1. The molecule has 1 saturated heterocycles.